The van der Waals surface area contributed by atoms with Crippen molar-refractivity contribution in [2.75, 3.05) is 0 Å². The van der Waals surface area contributed by atoms with Crippen molar-refractivity contribution in [2.24, 2.45) is 0 Å². The average Bonchev–Trinajstić information content (AvgIpc) is 3.39. The molecule has 2 nitrogen and oxygen atoms in total. The maximum absolute atomic E-state index is 5.05. The summed E-state index contributed by atoms with van der Waals surface area (Å²) >= 11 is 0. The summed E-state index contributed by atoms with van der Waals surface area (Å²) < 4.78 is 0. The second kappa shape index (κ2) is 11.5. The zero-order chi connectivity index (χ0) is 33.0. The largest absolute Gasteiger partial charge is 0.228 e. The van der Waals surface area contributed by atoms with Gasteiger partial charge in [0.15, 0.2) is 5.82 Å². The Morgan fingerprint density at radius 2 is 0.857 bits per heavy atom. The van der Waals surface area contributed by atoms with Crippen molar-refractivity contribution in [1.29, 1.82) is 0 Å². The van der Waals surface area contributed by atoms with E-state index in [0.29, 0.717) is 0 Å². The lowest BCUT2D eigenvalue weighted by atomic mass is 9.81. The van der Waals surface area contributed by atoms with E-state index in [1.54, 1.807) is 0 Å². The zero-order valence-electron chi connectivity index (χ0n) is 27.6. The summed E-state index contributed by atoms with van der Waals surface area (Å²) in [5.74, 6) is 0.723. The van der Waals surface area contributed by atoms with E-state index in [-0.39, 0.29) is 5.41 Å². The summed E-state index contributed by atoms with van der Waals surface area (Å²) in [6.07, 6.45) is 0. The molecule has 0 aliphatic heterocycles. The first-order chi connectivity index (χ1) is 24.0. The van der Waals surface area contributed by atoms with Crippen LogP contribution in [0.15, 0.2) is 170 Å². The van der Waals surface area contributed by atoms with Crippen molar-refractivity contribution >= 4 is 10.8 Å². The molecule has 1 heterocycles. The topological polar surface area (TPSA) is 25.8 Å². The third kappa shape index (κ3) is 5.14. The molecule has 49 heavy (non-hydrogen) atoms. The summed E-state index contributed by atoms with van der Waals surface area (Å²) in [5, 5.41) is 2.59. The minimum Gasteiger partial charge on any atom is -0.228 e. The molecule has 0 fully saturated rings. The predicted octanol–water partition coefficient (Wildman–Crippen LogP) is 12.3. The van der Waals surface area contributed by atoms with E-state index >= 15 is 0 Å². The fourth-order valence-electron chi connectivity index (χ4n) is 7.38. The molecule has 0 amide bonds. The summed E-state index contributed by atoms with van der Waals surface area (Å²) in [6.45, 7) is 4.71. The van der Waals surface area contributed by atoms with Crippen LogP contribution in [-0.2, 0) is 5.41 Å². The highest BCUT2D eigenvalue weighted by atomic mass is 14.9. The van der Waals surface area contributed by atoms with Gasteiger partial charge in [-0.3, -0.25) is 0 Å². The quantitative estimate of drug-likeness (QED) is 0.190. The van der Waals surface area contributed by atoms with Crippen molar-refractivity contribution < 1.29 is 0 Å². The lowest BCUT2D eigenvalue weighted by Crippen LogP contribution is -2.15. The summed E-state index contributed by atoms with van der Waals surface area (Å²) in [6, 6.07) is 60.7. The fraction of sp³-hybridized carbons (Fsp3) is 0.0638. The molecule has 1 aliphatic carbocycles. The Morgan fingerprint density at radius 3 is 1.55 bits per heavy atom. The van der Waals surface area contributed by atoms with Crippen LogP contribution in [0.1, 0.15) is 25.0 Å². The van der Waals surface area contributed by atoms with E-state index in [4.69, 9.17) is 9.97 Å². The van der Waals surface area contributed by atoms with Crippen LogP contribution in [0.2, 0.25) is 0 Å². The van der Waals surface area contributed by atoms with Gasteiger partial charge in [0.2, 0.25) is 0 Å². The number of nitrogens with zero attached hydrogens (tertiary/aromatic N) is 2. The van der Waals surface area contributed by atoms with Gasteiger partial charge in [-0.25, -0.2) is 9.97 Å². The second-order valence-corrected chi connectivity index (χ2v) is 13.5. The Bertz CT molecular complexity index is 2440. The lowest BCUT2D eigenvalue weighted by molar-refractivity contribution is 0.661. The lowest BCUT2D eigenvalue weighted by Gasteiger charge is -2.22. The van der Waals surface area contributed by atoms with E-state index in [0.717, 1.165) is 39.5 Å². The van der Waals surface area contributed by atoms with E-state index in [1.807, 2.05) is 36.4 Å². The van der Waals surface area contributed by atoms with Crippen molar-refractivity contribution in [3.8, 4) is 67.3 Å². The SMILES string of the molecule is CC1(C)c2cc(-c3ccc(-c4cccc(-c5cc(-c6ccccc6)nc(-c6ccccc6)n5)c4)cc3)ccc2-c2cc3ccccc3cc21. The highest BCUT2D eigenvalue weighted by Gasteiger charge is 2.35. The summed E-state index contributed by atoms with van der Waals surface area (Å²) in [7, 11) is 0. The molecule has 8 aromatic rings. The van der Waals surface area contributed by atoms with Gasteiger partial charge in [0.25, 0.3) is 0 Å². The van der Waals surface area contributed by atoms with Gasteiger partial charge in [0.05, 0.1) is 11.4 Å². The van der Waals surface area contributed by atoms with Crippen LogP contribution in [0.4, 0.5) is 0 Å². The van der Waals surface area contributed by atoms with Crippen LogP contribution in [-0.4, -0.2) is 9.97 Å². The van der Waals surface area contributed by atoms with Crippen molar-refractivity contribution in [2.45, 2.75) is 19.3 Å². The van der Waals surface area contributed by atoms with Crippen LogP contribution in [0.25, 0.3) is 78.1 Å². The van der Waals surface area contributed by atoms with Gasteiger partial charge in [-0.1, -0.05) is 153 Å². The Morgan fingerprint density at radius 1 is 0.347 bits per heavy atom. The van der Waals surface area contributed by atoms with Crippen molar-refractivity contribution in [3.63, 3.8) is 0 Å². The highest BCUT2D eigenvalue weighted by molar-refractivity contribution is 5.94. The molecular weight excluding hydrogens is 593 g/mol. The van der Waals surface area contributed by atoms with E-state index < -0.39 is 0 Å². The van der Waals surface area contributed by atoms with Crippen LogP contribution < -0.4 is 0 Å². The van der Waals surface area contributed by atoms with Crippen LogP contribution in [0.3, 0.4) is 0 Å². The van der Waals surface area contributed by atoms with E-state index in [9.17, 15) is 0 Å². The Kier molecular flexibility index (Phi) is 6.84. The molecule has 1 aliphatic rings. The molecule has 0 radical (unpaired) electrons. The van der Waals surface area contributed by atoms with Crippen molar-refractivity contribution in [1.82, 2.24) is 9.97 Å². The van der Waals surface area contributed by atoms with Gasteiger partial charge in [0.1, 0.15) is 0 Å². The average molecular weight is 627 g/mol. The first-order valence-electron chi connectivity index (χ1n) is 16.9. The number of rotatable bonds is 5. The third-order valence-corrected chi connectivity index (χ3v) is 10.1. The van der Waals surface area contributed by atoms with Gasteiger partial charge < -0.3 is 0 Å². The highest BCUT2D eigenvalue weighted by Crippen LogP contribution is 2.50. The van der Waals surface area contributed by atoms with Gasteiger partial charge in [-0.2, -0.15) is 0 Å². The number of fused-ring (bicyclic) bond motifs is 4. The number of aromatic nitrogens is 2. The van der Waals surface area contributed by atoms with Crippen LogP contribution in [0, 0.1) is 0 Å². The van der Waals surface area contributed by atoms with Gasteiger partial charge in [0, 0.05) is 22.1 Å². The minimum atomic E-state index is -0.0627. The van der Waals surface area contributed by atoms with Gasteiger partial charge in [-0.05, 0) is 85.6 Å². The molecule has 0 atom stereocenters. The first-order valence-corrected chi connectivity index (χ1v) is 16.9. The minimum absolute atomic E-state index is 0.0627. The molecule has 0 saturated carbocycles. The number of hydrogen-bond donors (Lipinski definition) is 0. The molecule has 0 N–H and O–H groups in total. The van der Waals surface area contributed by atoms with Crippen LogP contribution >= 0.6 is 0 Å². The molecule has 0 saturated heterocycles. The third-order valence-electron chi connectivity index (χ3n) is 10.1. The molecule has 9 rings (SSSR count). The normalized spacial score (nSPS) is 12.9. The fourth-order valence-corrected chi connectivity index (χ4v) is 7.38. The van der Waals surface area contributed by atoms with Crippen molar-refractivity contribution in [3.05, 3.63) is 181 Å². The molecular formula is C47H34N2. The molecule has 232 valence electrons. The van der Waals surface area contributed by atoms with Gasteiger partial charge in [-0.15, -0.1) is 0 Å². The summed E-state index contributed by atoms with van der Waals surface area (Å²) in [5.41, 5.74) is 15.2. The maximum Gasteiger partial charge on any atom is 0.160 e. The van der Waals surface area contributed by atoms with E-state index in [1.165, 1.54) is 49.7 Å². The number of benzene rings is 7. The monoisotopic (exact) mass is 626 g/mol. The molecule has 2 heteroatoms. The summed E-state index contributed by atoms with van der Waals surface area (Å²) in [4.78, 5) is 10.0. The standard InChI is InChI=1S/C47H34N2/c1-47(2)42-29-38(24-25-40(42)41-27-36-16-9-10-17-37(36)28-43(41)47)32-22-20-31(21-23-32)35-18-11-19-39(26-35)45-30-44(33-12-5-3-6-13-33)48-46(49-45)34-14-7-4-8-15-34/h3-30H,1-2H3. The van der Waals surface area contributed by atoms with Crippen LogP contribution in [0.5, 0.6) is 0 Å². The van der Waals surface area contributed by atoms with Gasteiger partial charge >= 0.3 is 0 Å². The number of hydrogen-bond acceptors (Lipinski definition) is 2. The predicted molar refractivity (Wildman–Crippen MR) is 204 cm³/mol. The molecule has 0 bridgehead atoms. The zero-order valence-corrected chi connectivity index (χ0v) is 27.6. The smallest absolute Gasteiger partial charge is 0.160 e. The molecule has 0 unspecified atom stereocenters. The molecule has 7 aromatic carbocycles. The van der Waals surface area contributed by atoms with E-state index in [2.05, 4.69) is 147 Å². The Labute approximate surface area is 287 Å². The maximum atomic E-state index is 5.05. The first kappa shape index (κ1) is 29.1. The Balaban J connectivity index is 1.05. The Hall–Kier alpha value is -6.12. The second-order valence-electron chi connectivity index (χ2n) is 13.5. The molecule has 0 spiro atoms. The molecule has 1 aromatic heterocycles.